The SMILES string of the molecule is CNC(=O)c1c(-c2ccc(F)cc2)oc2cc(CN(CCc3cccc(B(O)O)c3)S(=O)[O-])c(C3CC3)cc12. The minimum absolute atomic E-state index is 0.113. The largest absolute Gasteiger partial charge is 0.760 e. The average Bonchev–Trinajstić information content (AvgIpc) is 3.71. The van der Waals surface area contributed by atoms with E-state index in [9.17, 15) is 28.0 Å². The Balaban J connectivity index is 1.50. The summed E-state index contributed by atoms with van der Waals surface area (Å²) in [6.07, 6.45) is 2.31. The molecule has 0 saturated heterocycles. The van der Waals surface area contributed by atoms with Crippen LogP contribution in [0.4, 0.5) is 4.39 Å². The third kappa shape index (κ3) is 5.97. The van der Waals surface area contributed by atoms with Crippen molar-refractivity contribution in [3.63, 3.8) is 0 Å². The summed E-state index contributed by atoms with van der Waals surface area (Å²) in [5, 5.41) is 22.1. The van der Waals surface area contributed by atoms with Crippen LogP contribution in [-0.4, -0.2) is 49.7 Å². The third-order valence-corrected chi connectivity index (χ3v) is 7.72. The average molecular weight is 549 g/mol. The predicted octanol–water partition coefficient (Wildman–Crippen LogP) is 2.99. The van der Waals surface area contributed by atoms with Gasteiger partial charge in [-0.2, -0.15) is 0 Å². The molecule has 4 aromatic rings. The van der Waals surface area contributed by atoms with Crippen molar-refractivity contribution >= 4 is 40.7 Å². The molecule has 1 aliphatic carbocycles. The van der Waals surface area contributed by atoms with Crippen molar-refractivity contribution in [2.75, 3.05) is 13.6 Å². The predicted molar refractivity (Wildman–Crippen MR) is 146 cm³/mol. The zero-order valence-electron chi connectivity index (χ0n) is 21.2. The molecule has 5 rings (SSSR count). The zero-order chi connectivity index (χ0) is 27.7. The van der Waals surface area contributed by atoms with E-state index in [1.165, 1.54) is 23.5 Å². The number of nitrogens with one attached hydrogen (secondary N) is 1. The summed E-state index contributed by atoms with van der Waals surface area (Å²) in [6.45, 7) is 0.299. The van der Waals surface area contributed by atoms with Gasteiger partial charge in [0.05, 0.1) is 5.56 Å². The molecule has 202 valence electrons. The van der Waals surface area contributed by atoms with E-state index >= 15 is 0 Å². The maximum absolute atomic E-state index is 13.6. The van der Waals surface area contributed by atoms with Crippen LogP contribution in [0.25, 0.3) is 22.3 Å². The molecule has 0 radical (unpaired) electrons. The van der Waals surface area contributed by atoms with Gasteiger partial charge >= 0.3 is 7.12 Å². The van der Waals surface area contributed by atoms with Gasteiger partial charge in [0.25, 0.3) is 5.91 Å². The van der Waals surface area contributed by atoms with Crippen molar-refractivity contribution in [1.82, 2.24) is 9.62 Å². The number of amides is 1. The van der Waals surface area contributed by atoms with Gasteiger partial charge in [-0.15, -0.1) is 0 Å². The molecule has 1 aromatic heterocycles. The Labute approximate surface area is 228 Å². The van der Waals surface area contributed by atoms with E-state index in [4.69, 9.17) is 4.42 Å². The standard InChI is InChI=1S/C28H28BFN2O6S/c1-31-28(33)26-24-15-23(18-5-6-18)20(14-25(24)38-27(26)19-7-9-22(30)10-8-19)16-32(39(36)37)12-11-17-3-2-4-21(13-17)29(34)35/h2-4,7-10,13-15,18,34-35H,5-6,11-12,16H2,1H3,(H,31,33)(H,36,37)/p-1. The van der Waals surface area contributed by atoms with Crippen molar-refractivity contribution in [1.29, 1.82) is 0 Å². The Bertz CT molecular complexity index is 1540. The summed E-state index contributed by atoms with van der Waals surface area (Å²) in [4.78, 5) is 12.9. The summed E-state index contributed by atoms with van der Waals surface area (Å²) < 4.78 is 45.4. The molecule has 3 N–H and O–H groups in total. The van der Waals surface area contributed by atoms with Crippen molar-refractivity contribution in [2.24, 2.45) is 0 Å². The zero-order valence-corrected chi connectivity index (χ0v) is 22.0. The number of furan rings is 1. The van der Waals surface area contributed by atoms with Gasteiger partial charge < -0.3 is 24.3 Å². The fraction of sp³-hybridized carbons (Fsp3) is 0.250. The minimum atomic E-state index is -2.51. The van der Waals surface area contributed by atoms with Gasteiger partial charge in [0.15, 0.2) is 0 Å². The molecule has 11 heteroatoms. The van der Waals surface area contributed by atoms with Crippen molar-refractivity contribution in [2.45, 2.75) is 31.7 Å². The van der Waals surface area contributed by atoms with E-state index in [1.54, 1.807) is 42.5 Å². The Morgan fingerprint density at radius 2 is 1.92 bits per heavy atom. The summed E-state index contributed by atoms with van der Waals surface area (Å²) in [6, 6.07) is 16.1. The first-order valence-electron chi connectivity index (χ1n) is 12.6. The maximum atomic E-state index is 13.6. The summed E-state index contributed by atoms with van der Waals surface area (Å²) in [5.74, 6) is -0.158. The van der Waals surface area contributed by atoms with Crippen molar-refractivity contribution < 1.29 is 32.4 Å². The van der Waals surface area contributed by atoms with Gasteiger partial charge in [0, 0.05) is 42.4 Å². The Morgan fingerprint density at radius 1 is 1.18 bits per heavy atom. The molecule has 0 spiro atoms. The van der Waals surface area contributed by atoms with Crippen LogP contribution in [-0.2, 0) is 24.2 Å². The minimum Gasteiger partial charge on any atom is -0.760 e. The number of halogens is 1. The number of hydrogen-bond acceptors (Lipinski definition) is 6. The van der Waals surface area contributed by atoms with Crippen LogP contribution >= 0.6 is 0 Å². The van der Waals surface area contributed by atoms with E-state index in [0.717, 1.165) is 29.5 Å². The first-order valence-corrected chi connectivity index (χ1v) is 13.6. The summed E-state index contributed by atoms with van der Waals surface area (Å²) >= 11 is -2.51. The molecule has 1 amide bonds. The van der Waals surface area contributed by atoms with Crippen molar-refractivity contribution in [3.05, 3.63) is 88.7 Å². The van der Waals surface area contributed by atoms with Crippen LogP contribution in [0.1, 0.15) is 45.8 Å². The van der Waals surface area contributed by atoms with Crippen LogP contribution in [0.15, 0.2) is 65.1 Å². The van der Waals surface area contributed by atoms with Crippen LogP contribution < -0.4 is 10.8 Å². The molecular formula is C28H27BFN2O6S-. The molecule has 1 aliphatic rings. The molecule has 39 heavy (non-hydrogen) atoms. The number of benzene rings is 3. The van der Waals surface area contributed by atoms with Gasteiger partial charge in [0.2, 0.25) is 0 Å². The van der Waals surface area contributed by atoms with Gasteiger partial charge in [-0.05, 0) is 83.7 Å². The van der Waals surface area contributed by atoms with Gasteiger partial charge in [-0.3, -0.25) is 9.00 Å². The van der Waals surface area contributed by atoms with Crippen molar-refractivity contribution in [3.8, 4) is 11.3 Å². The molecule has 3 aromatic carbocycles. The molecule has 1 fully saturated rings. The van der Waals surface area contributed by atoms with Gasteiger partial charge in [-0.25, -0.2) is 8.70 Å². The number of carbonyl (C=O) groups is 1. The second kappa shape index (κ2) is 11.4. The highest BCUT2D eigenvalue weighted by Crippen LogP contribution is 2.45. The highest BCUT2D eigenvalue weighted by molar-refractivity contribution is 7.76. The van der Waals surface area contributed by atoms with Gasteiger partial charge in [0.1, 0.15) is 17.2 Å². The summed E-state index contributed by atoms with van der Waals surface area (Å²) in [5.41, 5.74) is 4.22. The number of rotatable bonds is 10. The lowest BCUT2D eigenvalue weighted by atomic mass is 9.79. The third-order valence-electron chi connectivity index (χ3n) is 6.98. The lowest BCUT2D eigenvalue weighted by Gasteiger charge is -2.25. The van der Waals surface area contributed by atoms with E-state index < -0.39 is 24.2 Å². The number of nitrogens with zero attached hydrogens (tertiary/aromatic N) is 1. The van der Waals surface area contributed by atoms with Crippen LogP contribution in [0, 0.1) is 5.82 Å². The topological polar surface area (TPSA) is 126 Å². The quantitative estimate of drug-likeness (QED) is 0.206. The van der Waals surface area contributed by atoms with Crippen LogP contribution in [0.5, 0.6) is 0 Å². The summed E-state index contributed by atoms with van der Waals surface area (Å²) in [7, 11) is -0.0697. The molecule has 8 nitrogen and oxygen atoms in total. The monoisotopic (exact) mass is 549 g/mol. The molecule has 0 aliphatic heterocycles. The maximum Gasteiger partial charge on any atom is 0.488 e. The fourth-order valence-corrected chi connectivity index (χ4v) is 5.31. The molecule has 1 unspecified atom stereocenters. The van der Waals surface area contributed by atoms with Crippen LogP contribution in [0.2, 0.25) is 0 Å². The lowest BCUT2D eigenvalue weighted by molar-refractivity contribution is 0.0964. The number of fused-ring (bicyclic) bond motifs is 1. The Morgan fingerprint density at radius 3 is 2.56 bits per heavy atom. The highest BCUT2D eigenvalue weighted by atomic mass is 32.2. The molecule has 1 heterocycles. The Kier molecular flexibility index (Phi) is 7.97. The van der Waals surface area contributed by atoms with E-state index in [0.29, 0.717) is 39.7 Å². The Hall–Kier alpha value is -3.35. The fourth-order valence-electron chi connectivity index (χ4n) is 4.83. The molecule has 1 saturated carbocycles. The second-order valence-electron chi connectivity index (χ2n) is 9.66. The second-order valence-corrected chi connectivity index (χ2v) is 10.6. The normalized spacial score (nSPS) is 14.1. The first kappa shape index (κ1) is 27.2. The highest BCUT2D eigenvalue weighted by Gasteiger charge is 2.30. The molecule has 1 atom stereocenters. The molecule has 0 bridgehead atoms. The lowest BCUT2D eigenvalue weighted by Crippen LogP contribution is -2.31. The van der Waals surface area contributed by atoms with E-state index in [1.807, 2.05) is 6.07 Å². The van der Waals surface area contributed by atoms with E-state index in [2.05, 4.69) is 5.32 Å². The first-order chi connectivity index (χ1) is 18.7. The van der Waals surface area contributed by atoms with Gasteiger partial charge in [-0.1, -0.05) is 24.3 Å². The molecular weight excluding hydrogens is 522 g/mol. The van der Waals surface area contributed by atoms with E-state index in [-0.39, 0.29) is 24.9 Å². The number of hydrogen-bond donors (Lipinski definition) is 3. The van der Waals surface area contributed by atoms with Crippen LogP contribution in [0.3, 0.4) is 0 Å². The smallest absolute Gasteiger partial charge is 0.488 e. The number of carbonyl (C=O) groups excluding carboxylic acids is 1.